The number of nitrogens with one attached hydrogen (secondary N) is 1. The van der Waals surface area contributed by atoms with E-state index in [1.807, 2.05) is 6.92 Å². The van der Waals surface area contributed by atoms with Crippen LogP contribution < -0.4 is 5.32 Å². The van der Waals surface area contributed by atoms with Crippen LogP contribution in [0.2, 0.25) is 0 Å². The molecule has 5 nitrogen and oxygen atoms in total. The second-order valence-corrected chi connectivity index (χ2v) is 5.71. The number of esters is 1. The summed E-state index contributed by atoms with van der Waals surface area (Å²) in [6.45, 7) is 6.08. The summed E-state index contributed by atoms with van der Waals surface area (Å²) in [6.07, 6.45) is 5.02. The number of ether oxygens (including phenoxy) is 2. The Kier molecular flexibility index (Phi) is 5.81. The SMILES string of the molecule is CCOC(=O)C1(N2CCCNCC2)CCCCC1OC. The quantitative estimate of drug-likeness (QED) is 0.786. The van der Waals surface area contributed by atoms with E-state index in [1.54, 1.807) is 7.11 Å². The molecule has 0 radical (unpaired) electrons. The molecule has 0 amide bonds. The molecule has 0 bridgehead atoms. The van der Waals surface area contributed by atoms with Crippen LogP contribution in [0, 0.1) is 0 Å². The van der Waals surface area contributed by atoms with Crippen molar-refractivity contribution in [1.29, 1.82) is 0 Å². The van der Waals surface area contributed by atoms with Gasteiger partial charge in [0.2, 0.25) is 0 Å². The normalized spacial score (nSPS) is 32.6. The molecule has 0 aromatic carbocycles. The van der Waals surface area contributed by atoms with E-state index >= 15 is 0 Å². The van der Waals surface area contributed by atoms with E-state index in [0.29, 0.717) is 6.61 Å². The van der Waals surface area contributed by atoms with Gasteiger partial charge in [-0.3, -0.25) is 4.90 Å². The highest BCUT2D eigenvalue weighted by atomic mass is 16.5. The first-order valence-corrected chi connectivity index (χ1v) is 7.91. The fourth-order valence-corrected chi connectivity index (χ4v) is 3.66. The predicted octanol–water partition coefficient (Wildman–Crippen LogP) is 1.17. The van der Waals surface area contributed by atoms with Crippen molar-refractivity contribution in [3.05, 3.63) is 0 Å². The van der Waals surface area contributed by atoms with Gasteiger partial charge in [-0.05, 0) is 32.7 Å². The molecule has 0 spiro atoms. The molecule has 1 heterocycles. The van der Waals surface area contributed by atoms with Crippen LogP contribution >= 0.6 is 0 Å². The highest BCUT2D eigenvalue weighted by Gasteiger charge is 2.52. The average Bonchev–Trinajstić information content (AvgIpc) is 2.76. The summed E-state index contributed by atoms with van der Waals surface area (Å²) in [5, 5.41) is 3.40. The molecule has 5 heteroatoms. The minimum atomic E-state index is -0.574. The van der Waals surface area contributed by atoms with E-state index in [9.17, 15) is 4.79 Å². The summed E-state index contributed by atoms with van der Waals surface area (Å²) in [7, 11) is 1.72. The Morgan fingerprint density at radius 3 is 2.90 bits per heavy atom. The first-order valence-electron chi connectivity index (χ1n) is 7.91. The molecule has 1 saturated heterocycles. The minimum Gasteiger partial charge on any atom is -0.465 e. The Morgan fingerprint density at radius 2 is 2.15 bits per heavy atom. The molecule has 2 fully saturated rings. The lowest BCUT2D eigenvalue weighted by atomic mass is 9.77. The molecule has 1 saturated carbocycles. The highest BCUT2D eigenvalue weighted by molar-refractivity contribution is 5.82. The van der Waals surface area contributed by atoms with Crippen LogP contribution in [-0.4, -0.2) is 62.4 Å². The Labute approximate surface area is 122 Å². The summed E-state index contributed by atoms with van der Waals surface area (Å²) in [6, 6.07) is 0. The van der Waals surface area contributed by atoms with E-state index in [-0.39, 0.29) is 12.1 Å². The van der Waals surface area contributed by atoms with Gasteiger partial charge in [-0.15, -0.1) is 0 Å². The molecule has 1 N–H and O–H groups in total. The van der Waals surface area contributed by atoms with Gasteiger partial charge in [0, 0.05) is 26.7 Å². The third-order valence-electron chi connectivity index (χ3n) is 4.62. The van der Waals surface area contributed by atoms with Crippen LogP contribution in [0.3, 0.4) is 0 Å². The molecule has 1 aliphatic heterocycles. The van der Waals surface area contributed by atoms with Gasteiger partial charge < -0.3 is 14.8 Å². The first-order chi connectivity index (χ1) is 9.75. The van der Waals surface area contributed by atoms with E-state index in [2.05, 4.69) is 10.2 Å². The first kappa shape index (κ1) is 15.7. The fourth-order valence-electron chi connectivity index (χ4n) is 3.66. The van der Waals surface area contributed by atoms with E-state index in [4.69, 9.17) is 9.47 Å². The van der Waals surface area contributed by atoms with Crippen molar-refractivity contribution in [1.82, 2.24) is 10.2 Å². The summed E-state index contributed by atoms with van der Waals surface area (Å²) in [5.74, 6) is -0.0894. The van der Waals surface area contributed by atoms with Crippen LogP contribution in [0.4, 0.5) is 0 Å². The summed E-state index contributed by atoms with van der Waals surface area (Å²) >= 11 is 0. The predicted molar refractivity (Wildman–Crippen MR) is 77.7 cm³/mol. The van der Waals surface area contributed by atoms with Gasteiger partial charge >= 0.3 is 5.97 Å². The lowest BCUT2D eigenvalue weighted by molar-refractivity contribution is -0.174. The molecule has 0 aromatic heterocycles. The zero-order chi connectivity index (χ0) is 14.4. The molecule has 2 rings (SSSR count). The van der Waals surface area contributed by atoms with Crippen molar-refractivity contribution < 1.29 is 14.3 Å². The van der Waals surface area contributed by atoms with Crippen molar-refractivity contribution in [3.63, 3.8) is 0 Å². The summed E-state index contributed by atoms with van der Waals surface area (Å²) in [5.41, 5.74) is -0.574. The van der Waals surface area contributed by atoms with Gasteiger partial charge in [-0.2, -0.15) is 0 Å². The Morgan fingerprint density at radius 1 is 1.30 bits per heavy atom. The smallest absolute Gasteiger partial charge is 0.329 e. The van der Waals surface area contributed by atoms with E-state index < -0.39 is 5.54 Å². The van der Waals surface area contributed by atoms with Gasteiger partial charge in [-0.1, -0.05) is 12.8 Å². The van der Waals surface area contributed by atoms with Gasteiger partial charge in [0.05, 0.1) is 12.7 Å². The zero-order valence-electron chi connectivity index (χ0n) is 12.8. The van der Waals surface area contributed by atoms with Crippen molar-refractivity contribution >= 4 is 5.97 Å². The molecular formula is C15H28N2O3. The molecular weight excluding hydrogens is 256 g/mol. The van der Waals surface area contributed by atoms with Crippen LogP contribution in [0.15, 0.2) is 0 Å². The lowest BCUT2D eigenvalue weighted by Crippen LogP contribution is -2.65. The van der Waals surface area contributed by atoms with E-state index in [0.717, 1.165) is 58.3 Å². The number of nitrogens with zero attached hydrogens (tertiary/aromatic N) is 1. The second kappa shape index (κ2) is 7.38. The molecule has 20 heavy (non-hydrogen) atoms. The molecule has 1 aliphatic carbocycles. The highest BCUT2D eigenvalue weighted by Crippen LogP contribution is 2.37. The van der Waals surface area contributed by atoms with Crippen LogP contribution in [0.25, 0.3) is 0 Å². The topological polar surface area (TPSA) is 50.8 Å². The number of rotatable bonds is 4. The lowest BCUT2D eigenvalue weighted by Gasteiger charge is -2.48. The Balaban J connectivity index is 2.27. The maximum Gasteiger partial charge on any atom is 0.329 e. The van der Waals surface area contributed by atoms with Crippen molar-refractivity contribution in [2.24, 2.45) is 0 Å². The third-order valence-corrected chi connectivity index (χ3v) is 4.62. The maximum atomic E-state index is 12.7. The number of hydrogen-bond acceptors (Lipinski definition) is 5. The van der Waals surface area contributed by atoms with E-state index in [1.165, 1.54) is 0 Å². The minimum absolute atomic E-state index is 0.0478. The summed E-state index contributed by atoms with van der Waals surface area (Å²) in [4.78, 5) is 15.1. The van der Waals surface area contributed by atoms with Crippen molar-refractivity contribution in [2.45, 2.75) is 50.7 Å². The molecule has 2 atom stereocenters. The zero-order valence-corrected chi connectivity index (χ0v) is 12.8. The molecule has 0 aromatic rings. The van der Waals surface area contributed by atoms with Gasteiger partial charge in [-0.25, -0.2) is 4.79 Å². The Bertz CT molecular complexity index is 316. The van der Waals surface area contributed by atoms with Crippen molar-refractivity contribution in [2.75, 3.05) is 39.9 Å². The largest absolute Gasteiger partial charge is 0.465 e. The molecule has 116 valence electrons. The Hall–Kier alpha value is -0.650. The van der Waals surface area contributed by atoms with Crippen LogP contribution in [-0.2, 0) is 14.3 Å². The number of carbonyl (C=O) groups excluding carboxylic acids is 1. The monoisotopic (exact) mass is 284 g/mol. The van der Waals surface area contributed by atoms with Gasteiger partial charge in [0.25, 0.3) is 0 Å². The molecule has 2 aliphatic rings. The maximum absolute atomic E-state index is 12.7. The third kappa shape index (κ3) is 3.00. The number of hydrogen-bond donors (Lipinski definition) is 1. The molecule has 2 unspecified atom stereocenters. The average molecular weight is 284 g/mol. The second-order valence-electron chi connectivity index (χ2n) is 5.71. The number of methoxy groups -OCH3 is 1. The van der Waals surface area contributed by atoms with Crippen LogP contribution in [0.5, 0.6) is 0 Å². The van der Waals surface area contributed by atoms with Crippen LogP contribution in [0.1, 0.15) is 39.0 Å². The summed E-state index contributed by atoms with van der Waals surface area (Å²) < 4.78 is 11.1. The standard InChI is InChI=1S/C15H28N2O3/c1-3-20-14(18)15(8-5-4-7-13(15)19-2)17-11-6-9-16-10-12-17/h13,16H,3-12H2,1-2H3. The van der Waals surface area contributed by atoms with Gasteiger partial charge in [0.15, 0.2) is 0 Å². The van der Waals surface area contributed by atoms with Gasteiger partial charge in [0.1, 0.15) is 5.54 Å². The van der Waals surface area contributed by atoms with Crippen molar-refractivity contribution in [3.8, 4) is 0 Å². The number of carbonyl (C=O) groups is 1. The fraction of sp³-hybridized carbons (Fsp3) is 0.933.